The Kier molecular flexibility index (Phi) is 5.05. The minimum Gasteiger partial charge on any atom is -0.497 e. The molecule has 1 fully saturated rings. The van der Waals surface area contributed by atoms with Gasteiger partial charge in [-0.05, 0) is 49.1 Å². The summed E-state index contributed by atoms with van der Waals surface area (Å²) >= 11 is 0. The molecule has 1 aliphatic rings. The van der Waals surface area contributed by atoms with Crippen molar-refractivity contribution in [1.29, 1.82) is 0 Å². The molecule has 3 aromatic rings. The Morgan fingerprint density at radius 1 is 1.15 bits per heavy atom. The Morgan fingerprint density at radius 3 is 2.81 bits per heavy atom. The number of pyridine rings is 1. The molecule has 4 rings (SSSR count). The summed E-state index contributed by atoms with van der Waals surface area (Å²) < 4.78 is 7.31. The van der Waals surface area contributed by atoms with E-state index in [1.165, 1.54) is 0 Å². The normalized spacial score (nSPS) is 15.2. The number of benzene rings is 1. The highest BCUT2D eigenvalue weighted by Crippen LogP contribution is 2.27. The standard InChI is InChI=1S/C21H24N4O2/c1-27-18-6-4-5-16(15-18)8-9-20(26)24-13-10-17(11-14-24)21-23-22-19-7-2-3-12-25(19)21/h2-7,12,15,17H,8-11,13-14H2,1H3. The van der Waals surface area contributed by atoms with Crippen molar-refractivity contribution in [3.8, 4) is 5.75 Å². The lowest BCUT2D eigenvalue weighted by molar-refractivity contribution is -0.132. The van der Waals surface area contributed by atoms with Gasteiger partial charge in [-0.25, -0.2) is 0 Å². The number of hydrogen-bond acceptors (Lipinski definition) is 4. The lowest BCUT2D eigenvalue weighted by Crippen LogP contribution is -2.38. The molecular weight excluding hydrogens is 340 g/mol. The third-order valence-electron chi connectivity index (χ3n) is 5.31. The van der Waals surface area contributed by atoms with Crippen LogP contribution in [0.1, 0.15) is 36.6 Å². The second kappa shape index (κ2) is 7.78. The molecule has 27 heavy (non-hydrogen) atoms. The summed E-state index contributed by atoms with van der Waals surface area (Å²) in [6.07, 6.45) is 5.15. The average Bonchev–Trinajstić information content (AvgIpc) is 3.16. The monoisotopic (exact) mass is 364 g/mol. The SMILES string of the molecule is COc1cccc(CCC(=O)N2CCC(c3nnc4ccccn34)CC2)c1. The molecule has 1 aromatic carbocycles. The molecule has 1 saturated heterocycles. The lowest BCUT2D eigenvalue weighted by Gasteiger charge is -2.31. The molecule has 1 aliphatic heterocycles. The van der Waals surface area contributed by atoms with Crippen molar-refractivity contribution in [3.05, 3.63) is 60.0 Å². The van der Waals surface area contributed by atoms with Gasteiger partial charge in [-0.15, -0.1) is 10.2 Å². The third kappa shape index (κ3) is 3.79. The van der Waals surface area contributed by atoms with Crippen molar-refractivity contribution in [2.45, 2.75) is 31.6 Å². The number of nitrogens with zero attached hydrogens (tertiary/aromatic N) is 4. The summed E-state index contributed by atoms with van der Waals surface area (Å²) in [6.45, 7) is 1.56. The predicted molar refractivity (Wildman–Crippen MR) is 103 cm³/mol. The van der Waals surface area contributed by atoms with Crippen LogP contribution in [-0.4, -0.2) is 45.6 Å². The van der Waals surface area contributed by atoms with Crippen molar-refractivity contribution >= 4 is 11.6 Å². The minimum atomic E-state index is 0.224. The maximum Gasteiger partial charge on any atom is 0.222 e. The highest BCUT2D eigenvalue weighted by atomic mass is 16.5. The first-order chi connectivity index (χ1) is 13.2. The number of amides is 1. The minimum absolute atomic E-state index is 0.224. The lowest BCUT2D eigenvalue weighted by atomic mass is 9.95. The summed E-state index contributed by atoms with van der Waals surface area (Å²) in [5, 5.41) is 8.63. The van der Waals surface area contributed by atoms with Crippen LogP contribution in [0.3, 0.4) is 0 Å². The van der Waals surface area contributed by atoms with Crippen molar-refractivity contribution in [2.24, 2.45) is 0 Å². The number of carbonyl (C=O) groups is 1. The van der Waals surface area contributed by atoms with Gasteiger partial charge >= 0.3 is 0 Å². The topological polar surface area (TPSA) is 59.7 Å². The number of methoxy groups -OCH3 is 1. The number of ether oxygens (including phenoxy) is 1. The van der Waals surface area contributed by atoms with E-state index in [0.717, 1.165) is 55.1 Å². The summed E-state index contributed by atoms with van der Waals surface area (Å²) in [7, 11) is 1.66. The largest absolute Gasteiger partial charge is 0.497 e. The number of hydrogen-bond donors (Lipinski definition) is 0. The van der Waals surface area contributed by atoms with Crippen LogP contribution in [-0.2, 0) is 11.2 Å². The molecule has 0 bridgehead atoms. The van der Waals surface area contributed by atoms with Gasteiger partial charge in [0, 0.05) is 31.6 Å². The Morgan fingerprint density at radius 2 is 2.00 bits per heavy atom. The van der Waals surface area contributed by atoms with Crippen LogP contribution < -0.4 is 4.74 Å². The van der Waals surface area contributed by atoms with Gasteiger partial charge in [0.2, 0.25) is 5.91 Å². The fourth-order valence-corrected chi connectivity index (χ4v) is 3.76. The maximum atomic E-state index is 12.6. The maximum absolute atomic E-state index is 12.6. The quantitative estimate of drug-likeness (QED) is 0.698. The summed E-state index contributed by atoms with van der Waals surface area (Å²) in [5.74, 6) is 2.42. The summed E-state index contributed by atoms with van der Waals surface area (Å²) in [6, 6.07) is 13.9. The zero-order chi connectivity index (χ0) is 18.6. The number of likely N-dealkylation sites (tertiary alicyclic amines) is 1. The Bertz CT molecular complexity index is 929. The van der Waals surface area contributed by atoms with Gasteiger partial charge in [-0.3, -0.25) is 9.20 Å². The van der Waals surface area contributed by atoms with Gasteiger partial charge in [0.25, 0.3) is 0 Å². The van der Waals surface area contributed by atoms with Gasteiger partial charge in [-0.1, -0.05) is 18.2 Å². The number of rotatable bonds is 5. The van der Waals surface area contributed by atoms with Gasteiger partial charge < -0.3 is 9.64 Å². The molecule has 0 spiro atoms. The van der Waals surface area contributed by atoms with Crippen molar-refractivity contribution in [2.75, 3.05) is 20.2 Å². The van der Waals surface area contributed by atoms with Crippen molar-refractivity contribution < 1.29 is 9.53 Å². The molecule has 1 amide bonds. The van der Waals surface area contributed by atoms with E-state index in [9.17, 15) is 4.79 Å². The fraction of sp³-hybridized carbons (Fsp3) is 0.381. The molecule has 6 nitrogen and oxygen atoms in total. The number of fused-ring (bicyclic) bond motifs is 1. The fourth-order valence-electron chi connectivity index (χ4n) is 3.76. The van der Waals surface area contributed by atoms with Crippen LogP contribution >= 0.6 is 0 Å². The van der Waals surface area contributed by atoms with E-state index < -0.39 is 0 Å². The number of piperidine rings is 1. The van der Waals surface area contributed by atoms with Gasteiger partial charge in [0.15, 0.2) is 5.65 Å². The van der Waals surface area contributed by atoms with Crippen LogP contribution in [0, 0.1) is 0 Å². The van der Waals surface area contributed by atoms with Gasteiger partial charge in [-0.2, -0.15) is 0 Å². The first-order valence-corrected chi connectivity index (χ1v) is 9.45. The van der Waals surface area contributed by atoms with Crippen LogP contribution in [0.4, 0.5) is 0 Å². The van der Waals surface area contributed by atoms with Gasteiger partial charge in [0.1, 0.15) is 11.6 Å². The van der Waals surface area contributed by atoms with E-state index in [1.807, 2.05) is 53.6 Å². The molecule has 2 aromatic heterocycles. The van der Waals surface area contributed by atoms with E-state index >= 15 is 0 Å². The highest BCUT2D eigenvalue weighted by molar-refractivity contribution is 5.76. The smallest absolute Gasteiger partial charge is 0.222 e. The first-order valence-electron chi connectivity index (χ1n) is 9.45. The second-order valence-corrected chi connectivity index (χ2v) is 6.99. The van der Waals surface area contributed by atoms with Crippen LogP contribution in [0.5, 0.6) is 5.75 Å². The number of carbonyl (C=O) groups excluding carboxylic acids is 1. The first kappa shape index (κ1) is 17.5. The number of aromatic nitrogens is 3. The Balaban J connectivity index is 1.32. The molecule has 0 aliphatic carbocycles. The molecule has 0 N–H and O–H groups in total. The van der Waals surface area contributed by atoms with Gasteiger partial charge in [0.05, 0.1) is 7.11 Å². The van der Waals surface area contributed by atoms with E-state index in [4.69, 9.17) is 4.74 Å². The summed E-state index contributed by atoms with van der Waals surface area (Å²) in [4.78, 5) is 14.6. The molecule has 0 saturated carbocycles. The molecule has 140 valence electrons. The van der Waals surface area contributed by atoms with E-state index in [1.54, 1.807) is 7.11 Å². The highest BCUT2D eigenvalue weighted by Gasteiger charge is 2.26. The average molecular weight is 364 g/mol. The molecule has 6 heteroatoms. The molecular formula is C21H24N4O2. The molecule has 0 radical (unpaired) electrons. The molecule has 0 atom stereocenters. The summed E-state index contributed by atoms with van der Waals surface area (Å²) in [5.41, 5.74) is 2.01. The molecule has 0 unspecified atom stereocenters. The van der Waals surface area contributed by atoms with E-state index in [0.29, 0.717) is 12.3 Å². The Labute approximate surface area is 158 Å². The van der Waals surface area contributed by atoms with Crippen LogP contribution in [0.15, 0.2) is 48.7 Å². The zero-order valence-electron chi connectivity index (χ0n) is 15.5. The van der Waals surface area contributed by atoms with E-state index in [2.05, 4.69) is 14.6 Å². The molecule has 3 heterocycles. The van der Waals surface area contributed by atoms with Crippen LogP contribution in [0.2, 0.25) is 0 Å². The third-order valence-corrected chi connectivity index (χ3v) is 5.31. The van der Waals surface area contributed by atoms with E-state index in [-0.39, 0.29) is 5.91 Å². The zero-order valence-corrected chi connectivity index (χ0v) is 15.5. The van der Waals surface area contributed by atoms with Crippen LogP contribution in [0.25, 0.3) is 5.65 Å². The second-order valence-electron chi connectivity index (χ2n) is 6.99. The number of aryl methyl sites for hydroxylation is 1. The predicted octanol–water partition coefficient (Wildman–Crippen LogP) is 3.08. The Hall–Kier alpha value is -2.89. The van der Waals surface area contributed by atoms with Crippen molar-refractivity contribution in [3.63, 3.8) is 0 Å². The van der Waals surface area contributed by atoms with Crippen molar-refractivity contribution in [1.82, 2.24) is 19.5 Å².